The van der Waals surface area contributed by atoms with Gasteiger partial charge in [0.1, 0.15) is 5.54 Å². The van der Waals surface area contributed by atoms with Gasteiger partial charge in [-0.05, 0) is 50.8 Å². The van der Waals surface area contributed by atoms with Crippen molar-refractivity contribution in [1.29, 1.82) is 0 Å². The third-order valence-electron chi connectivity index (χ3n) is 4.51. The summed E-state index contributed by atoms with van der Waals surface area (Å²) in [7, 11) is 0. The van der Waals surface area contributed by atoms with E-state index in [4.69, 9.17) is 0 Å². The Morgan fingerprint density at radius 3 is 2.65 bits per heavy atom. The second-order valence-electron chi connectivity index (χ2n) is 5.98. The van der Waals surface area contributed by atoms with Gasteiger partial charge in [0, 0.05) is 18.4 Å². The van der Waals surface area contributed by atoms with Gasteiger partial charge in [-0.3, -0.25) is 9.48 Å². The van der Waals surface area contributed by atoms with Crippen LogP contribution in [0.5, 0.6) is 0 Å². The first kappa shape index (κ1) is 15.3. The maximum absolute atomic E-state index is 12.7. The Kier molecular flexibility index (Phi) is 4.70. The highest BCUT2D eigenvalue weighted by atomic mass is 35.5. The molecular weight excluding hydrogens is 276 g/mol. The predicted octanol–water partition coefficient (Wildman–Crippen LogP) is 1.30. The molecule has 0 bridgehead atoms. The third kappa shape index (κ3) is 2.69. The summed E-state index contributed by atoms with van der Waals surface area (Å²) in [6.07, 6.45) is 7.50. The molecule has 0 atom stereocenters. The van der Waals surface area contributed by atoms with E-state index in [2.05, 4.69) is 22.7 Å². The van der Waals surface area contributed by atoms with Crippen LogP contribution in [0.4, 0.5) is 0 Å². The van der Waals surface area contributed by atoms with Gasteiger partial charge in [-0.1, -0.05) is 6.92 Å². The lowest BCUT2D eigenvalue weighted by Crippen LogP contribution is -2.58. The van der Waals surface area contributed by atoms with Crippen LogP contribution in [0.25, 0.3) is 0 Å². The van der Waals surface area contributed by atoms with Gasteiger partial charge < -0.3 is 10.6 Å². The normalized spacial score (nSPS) is 28.1. The Hall–Kier alpha value is -1.07. The summed E-state index contributed by atoms with van der Waals surface area (Å²) in [6, 6.07) is 2.26. The number of nitrogens with zero attached hydrogens (tertiary/aromatic N) is 2. The van der Waals surface area contributed by atoms with Crippen LogP contribution in [-0.4, -0.2) is 34.8 Å². The number of halogens is 1. The van der Waals surface area contributed by atoms with Crippen molar-refractivity contribution in [1.82, 2.24) is 20.4 Å². The number of aromatic nitrogens is 2. The van der Waals surface area contributed by atoms with Gasteiger partial charge in [-0.15, -0.1) is 12.4 Å². The van der Waals surface area contributed by atoms with Crippen LogP contribution in [0.15, 0.2) is 18.5 Å². The molecule has 1 aromatic rings. The van der Waals surface area contributed by atoms with Crippen molar-refractivity contribution in [2.45, 2.75) is 44.2 Å². The molecular formula is C14H23ClN4O. The van der Waals surface area contributed by atoms with Crippen LogP contribution in [-0.2, 0) is 10.3 Å². The molecule has 2 N–H and O–H groups in total. The first-order chi connectivity index (χ1) is 9.21. The average molecular weight is 299 g/mol. The molecule has 1 aliphatic carbocycles. The molecule has 5 nitrogen and oxygen atoms in total. The highest BCUT2D eigenvalue weighted by Crippen LogP contribution is 2.31. The van der Waals surface area contributed by atoms with E-state index in [9.17, 15) is 4.79 Å². The summed E-state index contributed by atoms with van der Waals surface area (Å²) < 4.78 is 1.85. The monoisotopic (exact) mass is 298 g/mol. The number of nitrogens with one attached hydrogen (secondary N) is 2. The molecule has 0 spiro atoms. The van der Waals surface area contributed by atoms with Crippen LogP contribution < -0.4 is 10.6 Å². The first-order valence-electron chi connectivity index (χ1n) is 7.22. The second kappa shape index (κ2) is 6.14. The number of amides is 1. The lowest BCUT2D eigenvalue weighted by atomic mass is 9.80. The number of carbonyl (C=O) groups is 1. The maximum Gasteiger partial charge on any atom is 0.248 e. The zero-order valence-electron chi connectivity index (χ0n) is 11.8. The van der Waals surface area contributed by atoms with Crippen LogP contribution in [0.3, 0.4) is 0 Å². The van der Waals surface area contributed by atoms with Crippen molar-refractivity contribution in [3.63, 3.8) is 0 Å². The summed E-state index contributed by atoms with van der Waals surface area (Å²) in [5, 5.41) is 10.9. The molecule has 3 rings (SSSR count). The lowest BCUT2D eigenvalue weighted by molar-refractivity contribution is -0.133. The molecule has 1 saturated carbocycles. The maximum atomic E-state index is 12.7. The summed E-state index contributed by atoms with van der Waals surface area (Å²) in [4.78, 5) is 12.7. The van der Waals surface area contributed by atoms with Crippen LogP contribution in [0.1, 0.15) is 32.6 Å². The molecule has 1 aromatic heterocycles. The Morgan fingerprint density at radius 2 is 2.10 bits per heavy atom. The average Bonchev–Trinajstić information content (AvgIpc) is 2.92. The zero-order valence-corrected chi connectivity index (χ0v) is 12.7. The fourth-order valence-corrected chi connectivity index (χ4v) is 3.26. The van der Waals surface area contributed by atoms with Crippen molar-refractivity contribution in [2.75, 3.05) is 13.1 Å². The fraction of sp³-hybridized carbons (Fsp3) is 0.714. The van der Waals surface area contributed by atoms with E-state index in [0.717, 1.165) is 44.7 Å². The van der Waals surface area contributed by atoms with E-state index in [1.807, 2.05) is 16.9 Å². The summed E-state index contributed by atoms with van der Waals surface area (Å²) >= 11 is 0. The van der Waals surface area contributed by atoms with E-state index < -0.39 is 5.54 Å². The molecule has 0 aromatic carbocycles. The molecule has 2 heterocycles. The molecule has 112 valence electrons. The quantitative estimate of drug-likeness (QED) is 0.884. The predicted molar refractivity (Wildman–Crippen MR) is 79.9 cm³/mol. The molecule has 0 radical (unpaired) electrons. The van der Waals surface area contributed by atoms with Gasteiger partial charge in [-0.2, -0.15) is 5.10 Å². The molecule has 1 aliphatic heterocycles. The molecule has 1 amide bonds. The van der Waals surface area contributed by atoms with Gasteiger partial charge >= 0.3 is 0 Å². The summed E-state index contributed by atoms with van der Waals surface area (Å²) in [5.74, 6) is 0.897. The minimum absolute atomic E-state index is 0. The highest BCUT2D eigenvalue weighted by Gasteiger charge is 2.43. The van der Waals surface area contributed by atoms with Crippen molar-refractivity contribution in [3.8, 4) is 0 Å². The number of hydrogen-bond donors (Lipinski definition) is 2. The van der Waals surface area contributed by atoms with Gasteiger partial charge in [0.25, 0.3) is 0 Å². The minimum Gasteiger partial charge on any atom is -0.351 e. The van der Waals surface area contributed by atoms with Gasteiger partial charge in [-0.25, -0.2) is 0 Å². The Bertz CT molecular complexity index is 436. The Morgan fingerprint density at radius 1 is 1.40 bits per heavy atom. The van der Waals surface area contributed by atoms with Crippen molar-refractivity contribution < 1.29 is 4.79 Å². The molecule has 20 heavy (non-hydrogen) atoms. The topological polar surface area (TPSA) is 59.0 Å². The fourth-order valence-electron chi connectivity index (χ4n) is 3.26. The standard InChI is InChI=1S/C14H22N4O.ClH/c1-11-9-12(10-11)17-13(19)14(3-6-15-7-4-14)18-8-2-5-16-18;/h2,5,8,11-12,15H,3-4,6-7,9-10H2,1H3,(H,17,19);1H. The molecule has 1 saturated heterocycles. The number of piperidine rings is 1. The van der Waals surface area contributed by atoms with E-state index in [0.29, 0.717) is 6.04 Å². The molecule has 2 aliphatic rings. The second-order valence-corrected chi connectivity index (χ2v) is 5.98. The smallest absolute Gasteiger partial charge is 0.248 e. The van der Waals surface area contributed by atoms with Crippen LogP contribution in [0, 0.1) is 5.92 Å². The zero-order chi connectivity index (χ0) is 13.3. The number of hydrogen-bond acceptors (Lipinski definition) is 3. The van der Waals surface area contributed by atoms with E-state index in [1.165, 1.54) is 0 Å². The third-order valence-corrected chi connectivity index (χ3v) is 4.51. The van der Waals surface area contributed by atoms with Gasteiger partial charge in [0.05, 0.1) is 0 Å². The van der Waals surface area contributed by atoms with Gasteiger partial charge in [0.15, 0.2) is 0 Å². The number of carbonyl (C=O) groups excluding carboxylic acids is 1. The number of rotatable bonds is 3. The van der Waals surface area contributed by atoms with E-state index >= 15 is 0 Å². The molecule has 0 unspecified atom stereocenters. The largest absolute Gasteiger partial charge is 0.351 e. The summed E-state index contributed by atoms with van der Waals surface area (Å²) in [6.45, 7) is 3.97. The Balaban J connectivity index is 0.00000147. The Labute approximate surface area is 125 Å². The van der Waals surface area contributed by atoms with Gasteiger partial charge in [0.2, 0.25) is 5.91 Å². The highest BCUT2D eigenvalue weighted by molar-refractivity contribution is 5.85. The molecule has 6 heteroatoms. The van der Waals surface area contributed by atoms with Crippen LogP contribution in [0.2, 0.25) is 0 Å². The summed E-state index contributed by atoms with van der Waals surface area (Å²) in [5.41, 5.74) is -0.492. The minimum atomic E-state index is -0.492. The first-order valence-corrected chi connectivity index (χ1v) is 7.22. The van der Waals surface area contributed by atoms with E-state index in [-0.39, 0.29) is 18.3 Å². The van der Waals surface area contributed by atoms with Crippen molar-refractivity contribution in [3.05, 3.63) is 18.5 Å². The molecule has 2 fully saturated rings. The van der Waals surface area contributed by atoms with Crippen LogP contribution >= 0.6 is 12.4 Å². The van der Waals surface area contributed by atoms with Crippen molar-refractivity contribution in [2.24, 2.45) is 5.92 Å². The van der Waals surface area contributed by atoms with E-state index in [1.54, 1.807) is 6.20 Å². The lowest BCUT2D eigenvalue weighted by Gasteiger charge is -2.40. The van der Waals surface area contributed by atoms with Crippen molar-refractivity contribution >= 4 is 18.3 Å². The SMILES string of the molecule is CC1CC(NC(=O)C2(n3cccn3)CCNCC2)C1.Cl.